The molecule has 0 saturated heterocycles. The lowest BCUT2D eigenvalue weighted by Crippen LogP contribution is -2.22. The largest absolute Gasteiger partial charge is 0.462 e. The molecule has 0 rings (SSSR count). The van der Waals surface area contributed by atoms with E-state index in [0.717, 1.165) is 25.7 Å². The van der Waals surface area contributed by atoms with E-state index >= 15 is 0 Å². The van der Waals surface area contributed by atoms with Crippen LogP contribution in [0.25, 0.3) is 0 Å². The standard InChI is InChI=1S/C11H20O2.C10H18O2/c1-5-7-8-9(3)11(6-2)13-10(4)12;1-5-7-8(3)10(6-2)12-9(4)11/h5,7,9,11H,6,8H2,1-4H3;5,8,10H,1,6-7H2,2-4H3/b7-5+;/t9-,11+;8-,10+/m11/s1. The molecule has 0 fully saturated rings. The molecule has 4 nitrogen and oxygen atoms in total. The van der Waals surface area contributed by atoms with Crippen molar-refractivity contribution in [2.24, 2.45) is 11.8 Å². The molecule has 0 radical (unpaired) electrons. The van der Waals surface area contributed by atoms with Crippen molar-refractivity contribution in [2.45, 2.75) is 86.4 Å². The van der Waals surface area contributed by atoms with Crippen LogP contribution in [0.3, 0.4) is 0 Å². The number of esters is 2. The van der Waals surface area contributed by atoms with Crippen molar-refractivity contribution < 1.29 is 19.1 Å². The molecule has 0 unspecified atom stereocenters. The second-order valence-corrected chi connectivity index (χ2v) is 6.40. The van der Waals surface area contributed by atoms with Gasteiger partial charge in [0.1, 0.15) is 12.2 Å². The first kappa shape index (κ1) is 25.7. The van der Waals surface area contributed by atoms with Crippen molar-refractivity contribution in [3.05, 3.63) is 24.8 Å². The molecule has 0 aliphatic carbocycles. The molecule has 0 aromatic rings. The molecule has 4 heteroatoms. The van der Waals surface area contributed by atoms with Gasteiger partial charge in [-0.25, -0.2) is 0 Å². The topological polar surface area (TPSA) is 52.6 Å². The van der Waals surface area contributed by atoms with E-state index in [1.165, 1.54) is 13.8 Å². The Morgan fingerprint density at radius 2 is 1.32 bits per heavy atom. The number of rotatable bonds is 10. The summed E-state index contributed by atoms with van der Waals surface area (Å²) in [6, 6.07) is 0. The second-order valence-electron chi connectivity index (χ2n) is 6.40. The SMILES string of the molecule is C/C=C/C[C@@H](C)[C@H](CC)OC(C)=O.C=CC[C@@H](C)[C@H](CC)OC(C)=O. The predicted octanol–water partition coefficient (Wildman–Crippen LogP) is 5.47. The highest BCUT2D eigenvalue weighted by Gasteiger charge is 2.17. The van der Waals surface area contributed by atoms with Gasteiger partial charge in [0.25, 0.3) is 0 Å². The van der Waals surface area contributed by atoms with Gasteiger partial charge in [0.15, 0.2) is 0 Å². The zero-order valence-corrected chi connectivity index (χ0v) is 17.2. The van der Waals surface area contributed by atoms with Gasteiger partial charge in [0.05, 0.1) is 0 Å². The Bertz CT molecular complexity index is 401. The summed E-state index contributed by atoms with van der Waals surface area (Å²) in [6.07, 6.45) is 9.72. The molecule has 0 N–H and O–H groups in total. The van der Waals surface area contributed by atoms with Gasteiger partial charge >= 0.3 is 11.9 Å². The molecule has 0 saturated carbocycles. The molecule has 0 bridgehead atoms. The third-order valence-corrected chi connectivity index (χ3v) is 3.99. The summed E-state index contributed by atoms with van der Waals surface area (Å²) in [5.74, 6) is 0.401. The van der Waals surface area contributed by atoms with E-state index in [2.05, 4.69) is 26.5 Å². The summed E-state index contributed by atoms with van der Waals surface area (Å²) in [6.45, 7) is 16.8. The summed E-state index contributed by atoms with van der Waals surface area (Å²) in [4.78, 5) is 21.4. The van der Waals surface area contributed by atoms with Crippen molar-refractivity contribution >= 4 is 11.9 Å². The monoisotopic (exact) mass is 354 g/mol. The molecule has 0 aromatic heterocycles. The Morgan fingerprint density at radius 3 is 1.60 bits per heavy atom. The smallest absolute Gasteiger partial charge is 0.302 e. The fourth-order valence-corrected chi connectivity index (χ4v) is 2.55. The molecule has 0 amide bonds. The van der Waals surface area contributed by atoms with E-state index in [1.54, 1.807) is 0 Å². The predicted molar refractivity (Wildman–Crippen MR) is 104 cm³/mol. The highest BCUT2D eigenvalue weighted by molar-refractivity contribution is 5.66. The minimum absolute atomic E-state index is 0.0421. The zero-order valence-electron chi connectivity index (χ0n) is 17.2. The Hall–Kier alpha value is -1.58. The number of ether oxygens (including phenoxy) is 2. The molecule has 4 atom stereocenters. The average molecular weight is 355 g/mol. The van der Waals surface area contributed by atoms with Crippen molar-refractivity contribution in [2.75, 3.05) is 0 Å². The van der Waals surface area contributed by atoms with E-state index in [0.29, 0.717) is 11.8 Å². The highest BCUT2D eigenvalue weighted by Crippen LogP contribution is 2.16. The van der Waals surface area contributed by atoms with Gasteiger partial charge in [-0.05, 0) is 44.4 Å². The second kappa shape index (κ2) is 15.9. The fourth-order valence-electron chi connectivity index (χ4n) is 2.55. The molecular weight excluding hydrogens is 316 g/mol. The van der Waals surface area contributed by atoms with E-state index in [-0.39, 0.29) is 24.1 Å². The van der Waals surface area contributed by atoms with Gasteiger partial charge in [-0.3, -0.25) is 9.59 Å². The summed E-state index contributed by atoms with van der Waals surface area (Å²) in [7, 11) is 0. The van der Waals surface area contributed by atoms with Crippen molar-refractivity contribution in [3.63, 3.8) is 0 Å². The Labute approximate surface area is 154 Å². The first-order chi connectivity index (χ1) is 11.7. The van der Waals surface area contributed by atoms with E-state index in [4.69, 9.17) is 9.47 Å². The summed E-state index contributed by atoms with van der Waals surface area (Å²) >= 11 is 0. The van der Waals surface area contributed by atoms with Crippen LogP contribution in [0.5, 0.6) is 0 Å². The Morgan fingerprint density at radius 1 is 0.920 bits per heavy atom. The average Bonchev–Trinajstić information content (AvgIpc) is 2.55. The molecule has 0 aliphatic heterocycles. The van der Waals surface area contributed by atoms with Gasteiger partial charge < -0.3 is 9.47 Å². The first-order valence-corrected chi connectivity index (χ1v) is 9.29. The quantitative estimate of drug-likeness (QED) is 0.385. The van der Waals surface area contributed by atoms with Gasteiger partial charge in [-0.1, -0.05) is 45.9 Å². The molecule has 0 heterocycles. The number of allylic oxidation sites excluding steroid dienone is 3. The summed E-state index contributed by atoms with van der Waals surface area (Å²) in [5, 5.41) is 0. The third kappa shape index (κ3) is 14.5. The van der Waals surface area contributed by atoms with E-state index in [1.807, 2.05) is 32.9 Å². The van der Waals surface area contributed by atoms with Crippen LogP contribution in [0.1, 0.15) is 74.1 Å². The number of hydrogen-bond donors (Lipinski definition) is 0. The van der Waals surface area contributed by atoms with Crippen LogP contribution in [0.4, 0.5) is 0 Å². The molecule has 25 heavy (non-hydrogen) atoms. The third-order valence-electron chi connectivity index (χ3n) is 3.99. The van der Waals surface area contributed by atoms with Crippen LogP contribution >= 0.6 is 0 Å². The Balaban J connectivity index is 0. The number of carbonyl (C=O) groups is 2. The molecule has 146 valence electrons. The summed E-state index contributed by atoms with van der Waals surface area (Å²) in [5.41, 5.74) is 0. The van der Waals surface area contributed by atoms with Crippen LogP contribution in [0.15, 0.2) is 24.8 Å². The van der Waals surface area contributed by atoms with Crippen LogP contribution in [-0.2, 0) is 19.1 Å². The maximum atomic E-state index is 10.8. The molecular formula is C21H38O4. The normalized spacial score (nSPS) is 15.3. The summed E-state index contributed by atoms with van der Waals surface area (Å²) < 4.78 is 10.3. The van der Waals surface area contributed by atoms with Gasteiger partial charge in [-0.15, -0.1) is 6.58 Å². The molecule has 0 spiro atoms. The zero-order chi connectivity index (χ0) is 19.8. The van der Waals surface area contributed by atoms with E-state index in [9.17, 15) is 9.59 Å². The minimum atomic E-state index is -0.197. The fraction of sp³-hybridized carbons (Fsp3) is 0.714. The lowest BCUT2D eigenvalue weighted by atomic mass is 9.98. The van der Waals surface area contributed by atoms with Crippen LogP contribution in [0, 0.1) is 11.8 Å². The van der Waals surface area contributed by atoms with Gasteiger partial charge in [0.2, 0.25) is 0 Å². The van der Waals surface area contributed by atoms with Crippen molar-refractivity contribution in [1.82, 2.24) is 0 Å². The van der Waals surface area contributed by atoms with E-state index < -0.39 is 0 Å². The van der Waals surface area contributed by atoms with Crippen LogP contribution in [-0.4, -0.2) is 24.1 Å². The number of hydrogen-bond acceptors (Lipinski definition) is 4. The van der Waals surface area contributed by atoms with Crippen LogP contribution < -0.4 is 0 Å². The maximum absolute atomic E-state index is 10.8. The van der Waals surface area contributed by atoms with Gasteiger partial charge in [-0.2, -0.15) is 0 Å². The first-order valence-electron chi connectivity index (χ1n) is 9.29. The lowest BCUT2D eigenvalue weighted by molar-refractivity contribution is -0.149. The molecule has 0 aliphatic rings. The van der Waals surface area contributed by atoms with Crippen LogP contribution in [0.2, 0.25) is 0 Å². The minimum Gasteiger partial charge on any atom is -0.462 e. The lowest BCUT2D eigenvalue weighted by Gasteiger charge is -2.21. The van der Waals surface area contributed by atoms with Gasteiger partial charge in [0, 0.05) is 13.8 Å². The Kier molecular flexibility index (Phi) is 16.3. The molecule has 0 aromatic carbocycles. The highest BCUT2D eigenvalue weighted by atomic mass is 16.5. The maximum Gasteiger partial charge on any atom is 0.302 e. The number of carbonyl (C=O) groups excluding carboxylic acids is 2. The van der Waals surface area contributed by atoms with Crippen molar-refractivity contribution in [1.29, 1.82) is 0 Å². The van der Waals surface area contributed by atoms with Crippen molar-refractivity contribution in [3.8, 4) is 0 Å².